The number of carbonyl (C=O) groups excluding carboxylic acids is 3. The molecule has 1 rings (SSSR count). The Bertz CT molecular complexity index is 348. The first-order chi connectivity index (χ1) is 6.93. The zero-order valence-corrected chi connectivity index (χ0v) is 11.0. The van der Waals surface area contributed by atoms with E-state index >= 15 is 0 Å². The standard InChI is InChI=1S/C9H8Br2O4/c1-4(12)15-3-5-2-6(13)7(10)8(11)9(5)14/h2,7-8H,3H2,1H3/t7-,8+/m1/s1. The van der Waals surface area contributed by atoms with Crippen molar-refractivity contribution in [3.63, 3.8) is 0 Å². The Hall–Kier alpha value is -0.490. The number of esters is 1. The summed E-state index contributed by atoms with van der Waals surface area (Å²) in [6.07, 6.45) is 1.21. The van der Waals surface area contributed by atoms with Crippen molar-refractivity contribution in [2.75, 3.05) is 6.61 Å². The highest BCUT2D eigenvalue weighted by atomic mass is 79.9. The molecule has 0 aliphatic heterocycles. The monoisotopic (exact) mass is 338 g/mol. The van der Waals surface area contributed by atoms with Crippen LogP contribution in [0.15, 0.2) is 11.6 Å². The van der Waals surface area contributed by atoms with Crippen LogP contribution in [0.3, 0.4) is 0 Å². The molecule has 0 aromatic rings. The lowest BCUT2D eigenvalue weighted by Crippen LogP contribution is -2.37. The third-order valence-corrected chi connectivity index (χ3v) is 4.48. The molecule has 0 aromatic carbocycles. The summed E-state index contributed by atoms with van der Waals surface area (Å²) in [5, 5.41) is 0. The van der Waals surface area contributed by atoms with Crippen molar-refractivity contribution in [3.05, 3.63) is 11.6 Å². The van der Waals surface area contributed by atoms with Gasteiger partial charge in [-0.3, -0.25) is 14.4 Å². The van der Waals surface area contributed by atoms with Crippen LogP contribution in [0, 0.1) is 0 Å². The highest BCUT2D eigenvalue weighted by Gasteiger charge is 2.35. The summed E-state index contributed by atoms with van der Waals surface area (Å²) in [6, 6.07) is 0. The van der Waals surface area contributed by atoms with Crippen molar-refractivity contribution in [2.45, 2.75) is 16.6 Å². The molecule has 6 heteroatoms. The molecule has 0 N–H and O–H groups in total. The number of rotatable bonds is 2. The van der Waals surface area contributed by atoms with Crippen LogP contribution in [-0.4, -0.2) is 33.8 Å². The second kappa shape index (κ2) is 5.03. The van der Waals surface area contributed by atoms with Gasteiger partial charge in [-0.2, -0.15) is 0 Å². The SMILES string of the molecule is CC(=O)OCC1=CC(=O)[C@@H](Br)[C@H](Br)C1=O. The fourth-order valence-corrected chi connectivity index (χ4v) is 2.00. The van der Waals surface area contributed by atoms with Crippen molar-refractivity contribution in [2.24, 2.45) is 0 Å². The van der Waals surface area contributed by atoms with Gasteiger partial charge in [-0.25, -0.2) is 0 Å². The average Bonchev–Trinajstić information content (AvgIpc) is 2.18. The summed E-state index contributed by atoms with van der Waals surface area (Å²) in [5.74, 6) is -0.931. The maximum absolute atomic E-state index is 11.6. The van der Waals surface area contributed by atoms with E-state index in [0.29, 0.717) is 0 Å². The molecule has 0 fully saturated rings. The molecule has 2 atom stereocenters. The van der Waals surface area contributed by atoms with Gasteiger partial charge in [-0.1, -0.05) is 31.9 Å². The molecule has 0 heterocycles. The average molecular weight is 340 g/mol. The van der Waals surface area contributed by atoms with E-state index in [-0.39, 0.29) is 23.7 Å². The summed E-state index contributed by atoms with van der Waals surface area (Å²) in [5.41, 5.74) is 0.216. The van der Waals surface area contributed by atoms with E-state index in [2.05, 4.69) is 36.6 Å². The van der Waals surface area contributed by atoms with Gasteiger partial charge in [0.25, 0.3) is 0 Å². The lowest BCUT2D eigenvalue weighted by atomic mass is 9.97. The fraction of sp³-hybridized carbons (Fsp3) is 0.444. The molecule has 0 spiro atoms. The second-order valence-electron chi connectivity index (χ2n) is 3.02. The second-order valence-corrected chi connectivity index (χ2v) is 4.99. The molecule has 0 aromatic heterocycles. The third kappa shape index (κ3) is 2.98. The lowest BCUT2D eigenvalue weighted by Gasteiger charge is -2.20. The van der Waals surface area contributed by atoms with Crippen LogP contribution in [0.5, 0.6) is 0 Å². The largest absolute Gasteiger partial charge is 0.461 e. The van der Waals surface area contributed by atoms with Crippen LogP contribution in [0.2, 0.25) is 0 Å². The van der Waals surface area contributed by atoms with Crippen molar-refractivity contribution in [1.29, 1.82) is 0 Å². The molecule has 0 saturated heterocycles. The molecule has 1 aliphatic carbocycles. The lowest BCUT2D eigenvalue weighted by molar-refractivity contribution is -0.140. The Labute approximate surface area is 103 Å². The van der Waals surface area contributed by atoms with Crippen LogP contribution < -0.4 is 0 Å². The Morgan fingerprint density at radius 1 is 1.40 bits per heavy atom. The molecular formula is C9H8Br2O4. The quantitative estimate of drug-likeness (QED) is 0.559. The van der Waals surface area contributed by atoms with Crippen LogP contribution >= 0.6 is 31.9 Å². The molecule has 15 heavy (non-hydrogen) atoms. The number of ketones is 2. The van der Waals surface area contributed by atoms with Gasteiger partial charge in [0, 0.05) is 12.5 Å². The topological polar surface area (TPSA) is 60.4 Å². The summed E-state index contributed by atoms with van der Waals surface area (Å²) < 4.78 is 4.67. The number of Topliss-reactive ketones (excluding diaryl/α,β-unsaturated/α-hetero) is 1. The molecular weight excluding hydrogens is 332 g/mol. The minimum Gasteiger partial charge on any atom is -0.461 e. The normalized spacial score (nSPS) is 26.2. The summed E-state index contributed by atoms with van der Waals surface area (Å²) >= 11 is 6.21. The Balaban J connectivity index is 2.80. The van der Waals surface area contributed by atoms with Crippen LogP contribution in [0.1, 0.15) is 6.92 Å². The van der Waals surface area contributed by atoms with Gasteiger partial charge in [-0.15, -0.1) is 0 Å². The highest BCUT2D eigenvalue weighted by molar-refractivity contribution is 9.12. The van der Waals surface area contributed by atoms with E-state index in [9.17, 15) is 14.4 Å². The van der Waals surface area contributed by atoms with E-state index in [0.717, 1.165) is 0 Å². The van der Waals surface area contributed by atoms with E-state index in [4.69, 9.17) is 0 Å². The molecule has 82 valence electrons. The van der Waals surface area contributed by atoms with Crippen molar-refractivity contribution in [3.8, 4) is 0 Å². The molecule has 0 unspecified atom stereocenters. The molecule has 0 radical (unpaired) electrons. The van der Waals surface area contributed by atoms with Crippen molar-refractivity contribution in [1.82, 2.24) is 0 Å². The first-order valence-corrected chi connectivity index (χ1v) is 5.96. The molecule has 0 bridgehead atoms. The van der Waals surface area contributed by atoms with Gasteiger partial charge in [0.05, 0.1) is 9.65 Å². The van der Waals surface area contributed by atoms with Gasteiger partial charge >= 0.3 is 5.97 Å². The van der Waals surface area contributed by atoms with E-state index < -0.39 is 15.6 Å². The first kappa shape index (κ1) is 12.6. The summed E-state index contributed by atoms with van der Waals surface area (Å²) in [4.78, 5) is 32.4. The third-order valence-electron chi connectivity index (χ3n) is 1.84. The molecule has 0 saturated carbocycles. The minimum atomic E-state index is -0.597. The number of hydrogen-bond acceptors (Lipinski definition) is 4. The smallest absolute Gasteiger partial charge is 0.302 e. The number of alkyl halides is 2. The molecule has 4 nitrogen and oxygen atoms in total. The zero-order chi connectivity index (χ0) is 11.6. The van der Waals surface area contributed by atoms with Gasteiger partial charge in [-0.05, 0) is 6.08 Å². The number of ether oxygens (including phenoxy) is 1. The fourth-order valence-electron chi connectivity index (χ4n) is 1.07. The van der Waals surface area contributed by atoms with Gasteiger partial charge in [0.2, 0.25) is 0 Å². The number of carbonyl (C=O) groups is 3. The predicted molar refractivity (Wildman–Crippen MR) is 60.2 cm³/mol. The first-order valence-electron chi connectivity index (χ1n) is 4.13. The zero-order valence-electron chi connectivity index (χ0n) is 7.83. The van der Waals surface area contributed by atoms with Crippen molar-refractivity contribution >= 4 is 49.4 Å². The number of allylic oxidation sites excluding steroid dienone is 1. The predicted octanol–water partition coefficient (Wildman–Crippen LogP) is 1.15. The van der Waals surface area contributed by atoms with Gasteiger partial charge in [0.15, 0.2) is 11.6 Å². The van der Waals surface area contributed by atoms with Gasteiger partial charge < -0.3 is 4.74 Å². The number of halogens is 2. The van der Waals surface area contributed by atoms with E-state index in [1.54, 1.807) is 0 Å². The maximum atomic E-state index is 11.6. The summed E-state index contributed by atoms with van der Waals surface area (Å²) in [7, 11) is 0. The van der Waals surface area contributed by atoms with Crippen LogP contribution in [0.4, 0.5) is 0 Å². The number of hydrogen-bond donors (Lipinski definition) is 0. The molecule has 0 amide bonds. The maximum Gasteiger partial charge on any atom is 0.302 e. The Kier molecular flexibility index (Phi) is 4.21. The Morgan fingerprint density at radius 3 is 2.53 bits per heavy atom. The minimum absolute atomic E-state index is 0.151. The van der Waals surface area contributed by atoms with Gasteiger partial charge in [0.1, 0.15) is 6.61 Å². The van der Waals surface area contributed by atoms with E-state index in [1.165, 1.54) is 13.0 Å². The van der Waals surface area contributed by atoms with Crippen LogP contribution in [0.25, 0.3) is 0 Å². The van der Waals surface area contributed by atoms with Crippen molar-refractivity contribution < 1.29 is 19.1 Å². The highest BCUT2D eigenvalue weighted by Crippen LogP contribution is 2.25. The summed E-state index contributed by atoms with van der Waals surface area (Å²) in [6.45, 7) is 1.09. The Morgan fingerprint density at radius 2 is 2.00 bits per heavy atom. The van der Waals surface area contributed by atoms with E-state index in [1.807, 2.05) is 0 Å². The van der Waals surface area contributed by atoms with Crippen LogP contribution in [-0.2, 0) is 19.1 Å². The molecule has 1 aliphatic rings.